The van der Waals surface area contributed by atoms with Crippen LogP contribution in [0.1, 0.15) is 40.0 Å². The van der Waals surface area contributed by atoms with Crippen LogP contribution < -0.4 is 20.7 Å². The number of carbonyl (C=O) groups excluding carboxylic acids is 1. The molecule has 13 heteroatoms. The molecule has 11 nitrogen and oxygen atoms in total. The summed E-state index contributed by atoms with van der Waals surface area (Å²) in [7, 11) is 0. The number of ether oxygens (including phenoxy) is 2. The van der Waals surface area contributed by atoms with E-state index >= 15 is 0 Å². The van der Waals surface area contributed by atoms with Crippen LogP contribution in [0, 0.1) is 17.6 Å². The maximum atomic E-state index is 11.9. The van der Waals surface area contributed by atoms with Crippen LogP contribution in [0.5, 0.6) is 5.75 Å². The number of rotatable bonds is 5. The second-order valence-electron chi connectivity index (χ2n) is 10.4. The first-order valence-electron chi connectivity index (χ1n) is 12.8. The number of hydrogen-bond donors (Lipinski definition) is 3. The molecule has 4 rings (SSSR count). The highest BCUT2D eigenvalue weighted by molar-refractivity contribution is 5.77. The summed E-state index contributed by atoms with van der Waals surface area (Å²) in [5.41, 5.74) is 5.11. The summed E-state index contributed by atoms with van der Waals surface area (Å²) in [6.45, 7) is 9.00. The number of oxime groups is 1. The molecule has 214 valence electrons. The van der Waals surface area contributed by atoms with Crippen molar-refractivity contribution >= 4 is 18.0 Å². The Labute approximate surface area is 227 Å². The minimum Gasteiger partial charge on any atom is -0.490 e. The van der Waals surface area contributed by atoms with E-state index in [-0.39, 0.29) is 12.0 Å². The number of anilines is 1. The number of nitrogens with zero attached hydrogens (tertiary/aromatic N) is 5. The lowest BCUT2D eigenvalue weighted by molar-refractivity contribution is 0.0509. The van der Waals surface area contributed by atoms with Crippen molar-refractivity contribution in [2.45, 2.75) is 51.7 Å². The molecule has 1 aromatic carbocycles. The van der Waals surface area contributed by atoms with Crippen LogP contribution in [-0.2, 0) is 4.74 Å². The predicted octanol–water partition coefficient (Wildman–Crippen LogP) is 3.34. The van der Waals surface area contributed by atoms with E-state index in [1.54, 1.807) is 12.4 Å². The molecular weight excluding hydrogens is 512 g/mol. The highest BCUT2D eigenvalue weighted by Crippen LogP contribution is 2.21. The van der Waals surface area contributed by atoms with E-state index in [1.165, 1.54) is 0 Å². The minimum absolute atomic E-state index is 0.00478. The fraction of sp³-hybridized carbons (Fsp3) is 0.538. The Morgan fingerprint density at radius 1 is 1.10 bits per heavy atom. The smallest absolute Gasteiger partial charge is 0.407 e. The molecule has 0 aliphatic carbocycles. The number of carbonyl (C=O) groups is 1. The van der Waals surface area contributed by atoms with Crippen LogP contribution in [0.2, 0.25) is 0 Å². The average molecular weight is 550 g/mol. The molecule has 2 saturated heterocycles. The summed E-state index contributed by atoms with van der Waals surface area (Å²) in [6.07, 6.45) is 5.60. The van der Waals surface area contributed by atoms with Gasteiger partial charge in [0.1, 0.15) is 17.2 Å². The van der Waals surface area contributed by atoms with Gasteiger partial charge in [-0.15, -0.1) is 0 Å². The van der Waals surface area contributed by atoms with Crippen LogP contribution in [0.15, 0.2) is 41.8 Å². The van der Waals surface area contributed by atoms with Crippen molar-refractivity contribution in [3.63, 3.8) is 0 Å². The molecule has 0 saturated carbocycles. The van der Waals surface area contributed by atoms with Gasteiger partial charge in [0, 0.05) is 26.2 Å². The monoisotopic (exact) mass is 549 g/mol. The number of nitrogens with two attached hydrogens (primary N) is 1. The number of hydrogen-bond acceptors (Lipinski definition) is 8. The van der Waals surface area contributed by atoms with Crippen LogP contribution in [-0.4, -0.2) is 76.6 Å². The zero-order chi connectivity index (χ0) is 28.4. The highest BCUT2D eigenvalue weighted by Gasteiger charge is 2.27. The molecule has 0 bridgehead atoms. The molecule has 2 fully saturated rings. The summed E-state index contributed by atoms with van der Waals surface area (Å²) < 4.78 is 35.0. The van der Waals surface area contributed by atoms with E-state index in [9.17, 15) is 13.6 Å². The third-order valence-electron chi connectivity index (χ3n) is 6.14. The Morgan fingerprint density at radius 2 is 1.69 bits per heavy atom. The van der Waals surface area contributed by atoms with Gasteiger partial charge >= 0.3 is 6.09 Å². The van der Waals surface area contributed by atoms with Crippen LogP contribution in [0.25, 0.3) is 0 Å². The van der Waals surface area contributed by atoms with E-state index < -0.39 is 23.3 Å². The first-order valence-corrected chi connectivity index (χ1v) is 12.8. The Balaban J connectivity index is 0.000000449. The van der Waals surface area contributed by atoms with E-state index in [2.05, 4.69) is 20.4 Å². The van der Waals surface area contributed by atoms with Gasteiger partial charge in [-0.05, 0) is 70.2 Å². The maximum Gasteiger partial charge on any atom is 0.407 e. The molecule has 1 atom stereocenters. The molecule has 2 aromatic rings. The lowest BCUT2D eigenvalue weighted by Gasteiger charge is -2.31. The fourth-order valence-corrected chi connectivity index (χ4v) is 4.12. The third-order valence-corrected chi connectivity index (χ3v) is 6.14. The fourth-order valence-electron chi connectivity index (χ4n) is 4.12. The lowest BCUT2D eigenvalue weighted by Crippen LogP contribution is -2.43. The number of halogens is 2. The Kier molecular flexibility index (Phi) is 10.5. The molecule has 1 unspecified atom stereocenters. The van der Waals surface area contributed by atoms with Crippen LogP contribution in [0.3, 0.4) is 0 Å². The van der Waals surface area contributed by atoms with Gasteiger partial charge in [-0.1, -0.05) is 5.16 Å². The maximum absolute atomic E-state index is 11.9. The summed E-state index contributed by atoms with van der Waals surface area (Å²) >= 11 is 0. The zero-order valence-corrected chi connectivity index (χ0v) is 22.5. The molecule has 3 heterocycles. The number of nitrogens with one attached hydrogen (secondary N) is 1. The third kappa shape index (κ3) is 10.1. The number of piperidine rings is 1. The lowest BCUT2D eigenvalue weighted by atomic mass is 9.98. The predicted molar refractivity (Wildman–Crippen MR) is 142 cm³/mol. The number of amides is 1. The van der Waals surface area contributed by atoms with Crippen LogP contribution in [0.4, 0.5) is 19.5 Å². The van der Waals surface area contributed by atoms with Crippen molar-refractivity contribution in [3.05, 3.63) is 48.3 Å². The number of benzene rings is 1. The number of guanidine groups is 1. The van der Waals surface area contributed by atoms with Crippen molar-refractivity contribution in [2.75, 3.05) is 37.7 Å². The second-order valence-corrected chi connectivity index (χ2v) is 10.4. The molecule has 2 aliphatic rings. The van der Waals surface area contributed by atoms with Gasteiger partial charge in [0.2, 0.25) is 11.9 Å². The topological polar surface area (TPSA) is 138 Å². The quantitative estimate of drug-likeness (QED) is 0.222. The largest absolute Gasteiger partial charge is 0.490 e. The van der Waals surface area contributed by atoms with Gasteiger partial charge < -0.3 is 35.5 Å². The standard InChI is InChI=1S/C20H33N7O4.C6H4F2/c1-20(2,3)31-19(28)24-15-6-9-27(12-15)18-22-10-16(11-23-18)30-13-14-4-7-26(8-5-14)17(21)25-29;7-5-1-2-6(8)4-3-5/h10-11,14-15,29H,4-9,12-13H2,1-3H3,(H2,21,25)(H,24,28);1-4H. The number of aromatic nitrogens is 2. The van der Waals surface area contributed by atoms with Gasteiger partial charge in [0.05, 0.1) is 25.0 Å². The van der Waals surface area contributed by atoms with E-state index in [0.717, 1.165) is 63.2 Å². The normalized spacial score (nSPS) is 18.3. The van der Waals surface area contributed by atoms with Crippen molar-refractivity contribution in [1.29, 1.82) is 0 Å². The summed E-state index contributed by atoms with van der Waals surface area (Å²) in [6, 6.07) is 4.32. The second kappa shape index (κ2) is 13.8. The molecule has 0 spiro atoms. The SMILES string of the molecule is CC(C)(C)OC(=O)NC1CCN(c2ncc(OCC3CCN(/C(N)=N/O)CC3)cn2)C1.Fc1ccc(F)cc1. The van der Waals surface area contributed by atoms with Gasteiger partial charge in [0.25, 0.3) is 0 Å². The summed E-state index contributed by atoms with van der Waals surface area (Å²) in [4.78, 5) is 24.7. The van der Waals surface area contributed by atoms with Gasteiger partial charge in [-0.25, -0.2) is 23.5 Å². The number of alkyl carbamates (subject to hydrolysis) is 1. The van der Waals surface area contributed by atoms with Crippen molar-refractivity contribution in [3.8, 4) is 5.75 Å². The Hall–Kier alpha value is -3.90. The first-order chi connectivity index (χ1) is 18.5. The summed E-state index contributed by atoms with van der Waals surface area (Å²) in [5.74, 6) is 0.991. The average Bonchev–Trinajstić information content (AvgIpc) is 3.37. The van der Waals surface area contributed by atoms with E-state index in [4.69, 9.17) is 20.4 Å². The first kappa shape index (κ1) is 29.7. The Morgan fingerprint density at radius 3 is 2.23 bits per heavy atom. The van der Waals surface area contributed by atoms with Crippen molar-refractivity contribution < 1.29 is 28.3 Å². The summed E-state index contributed by atoms with van der Waals surface area (Å²) in [5, 5.41) is 14.7. The molecule has 1 aromatic heterocycles. The van der Waals surface area contributed by atoms with Gasteiger partial charge in [0.15, 0.2) is 5.75 Å². The van der Waals surface area contributed by atoms with Gasteiger partial charge in [-0.3, -0.25) is 0 Å². The molecule has 0 radical (unpaired) electrons. The minimum atomic E-state index is -0.515. The molecule has 39 heavy (non-hydrogen) atoms. The Bertz CT molecular complexity index is 1050. The van der Waals surface area contributed by atoms with E-state index in [1.807, 2.05) is 30.6 Å². The highest BCUT2D eigenvalue weighted by atomic mass is 19.1. The van der Waals surface area contributed by atoms with E-state index in [0.29, 0.717) is 30.8 Å². The van der Waals surface area contributed by atoms with Crippen molar-refractivity contribution in [1.82, 2.24) is 20.2 Å². The van der Waals surface area contributed by atoms with Crippen molar-refractivity contribution in [2.24, 2.45) is 16.8 Å². The molecule has 2 aliphatic heterocycles. The molecular formula is C26H37F2N7O4. The molecule has 1 amide bonds. The molecule has 4 N–H and O–H groups in total. The van der Waals surface area contributed by atoms with Gasteiger partial charge in [-0.2, -0.15) is 0 Å². The zero-order valence-electron chi connectivity index (χ0n) is 22.5. The number of likely N-dealkylation sites (tertiary alicyclic amines) is 1. The van der Waals surface area contributed by atoms with Crippen LogP contribution >= 0.6 is 0 Å².